The maximum atomic E-state index is 13.3. The van der Waals surface area contributed by atoms with Gasteiger partial charge in [-0.25, -0.2) is 0 Å². The van der Waals surface area contributed by atoms with Gasteiger partial charge < -0.3 is 4.74 Å². The van der Waals surface area contributed by atoms with Gasteiger partial charge in [0.1, 0.15) is 5.75 Å². The number of carbonyl (C=O) groups is 1. The third kappa shape index (κ3) is 3.87. The van der Waals surface area contributed by atoms with Gasteiger partial charge in [0, 0.05) is 12.0 Å². The molecule has 2 aromatic rings. The molecule has 2 rings (SSSR count). The van der Waals surface area contributed by atoms with Gasteiger partial charge in [-0.05, 0) is 17.7 Å². The minimum atomic E-state index is -4.49. The van der Waals surface area contributed by atoms with Gasteiger partial charge in [-0.15, -0.1) is 0 Å². The van der Waals surface area contributed by atoms with Gasteiger partial charge in [0.2, 0.25) is 0 Å². The molecule has 0 fully saturated rings. The number of Topliss-reactive ketones (excluding diaryl/α,β-unsaturated/α-hetero) is 1. The largest absolute Gasteiger partial charge is 0.497 e. The number of halogens is 3. The second kappa shape index (κ2) is 6.64. The van der Waals surface area contributed by atoms with Crippen LogP contribution in [0.1, 0.15) is 28.3 Å². The van der Waals surface area contributed by atoms with Crippen molar-refractivity contribution in [2.75, 3.05) is 7.11 Å². The minimum Gasteiger partial charge on any atom is -0.497 e. The number of hydrogen-bond acceptors (Lipinski definition) is 2. The van der Waals surface area contributed by atoms with E-state index in [0.29, 0.717) is 5.75 Å². The lowest BCUT2D eigenvalue weighted by Crippen LogP contribution is -2.23. The zero-order valence-corrected chi connectivity index (χ0v) is 11.9. The summed E-state index contributed by atoms with van der Waals surface area (Å²) in [5, 5.41) is 0. The zero-order chi connectivity index (χ0) is 16.2. The molecule has 1 unspecified atom stereocenters. The Bertz CT molecular complexity index is 619. The summed E-state index contributed by atoms with van der Waals surface area (Å²) in [6, 6.07) is 13.6. The van der Waals surface area contributed by atoms with Gasteiger partial charge in [-0.3, -0.25) is 4.79 Å². The van der Waals surface area contributed by atoms with Crippen LogP contribution < -0.4 is 4.74 Å². The van der Waals surface area contributed by atoms with Crippen LogP contribution in [0.25, 0.3) is 0 Å². The van der Waals surface area contributed by atoms with Crippen molar-refractivity contribution >= 4 is 5.78 Å². The Morgan fingerprint density at radius 2 is 1.64 bits per heavy atom. The summed E-state index contributed by atoms with van der Waals surface area (Å²) in [7, 11) is 1.44. The summed E-state index contributed by atoms with van der Waals surface area (Å²) in [5.74, 6) is -1.89. The zero-order valence-electron chi connectivity index (χ0n) is 11.9. The quantitative estimate of drug-likeness (QED) is 0.754. The molecular weight excluding hydrogens is 293 g/mol. The fourth-order valence-electron chi connectivity index (χ4n) is 2.19. The molecular formula is C17H15F3O2. The molecule has 0 radical (unpaired) electrons. The van der Waals surface area contributed by atoms with E-state index in [0.717, 1.165) is 0 Å². The predicted molar refractivity (Wildman–Crippen MR) is 77.2 cm³/mol. The van der Waals surface area contributed by atoms with Crippen LogP contribution in [0.3, 0.4) is 0 Å². The summed E-state index contributed by atoms with van der Waals surface area (Å²) < 4.78 is 44.8. The molecule has 116 valence electrons. The SMILES string of the molecule is COc1ccc(C(CC(=O)c2ccccc2)C(F)(F)F)cc1. The van der Waals surface area contributed by atoms with Crippen LogP contribution >= 0.6 is 0 Å². The van der Waals surface area contributed by atoms with Gasteiger partial charge in [0.25, 0.3) is 0 Å². The van der Waals surface area contributed by atoms with Gasteiger partial charge >= 0.3 is 6.18 Å². The van der Waals surface area contributed by atoms with Crippen LogP contribution in [0.15, 0.2) is 54.6 Å². The Kier molecular flexibility index (Phi) is 4.85. The summed E-state index contributed by atoms with van der Waals surface area (Å²) in [6.45, 7) is 0. The van der Waals surface area contributed by atoms with Gasteiger partial charge in [0.15, 0.2) is 5.78 Å². The Morgan fingerprint density at radius 1 is 1.05 bits per heavy atom. The number of ether oxygens (including phenoxy) is 1. The summed E-state index contributed by atoms with van der Waals surface area (Å²) in [5.41, 5.74) is 0.336. The fourth-order valence-corrected chi connectivity index (χ4v) is 2.19. The lowest BCUT2D eigenvalue weighted by molar-refractivity contribution is -0.149. The van der Waals surface area contributed by atoms with E-state index in [2.05, 4.69) is 0 Å². The Morgan fingerprint density at radius 3 is 2.14 bits per heavy atom. The molecule has 22 heavy (non-hydrogen) atoms. The van der Waals surface area contributed by atoms with Gasteiger partial charge in [-0.2, -0.15) is 13.2 Å². The average molecular weight is 308 g/mol. The van der Waals surface area contributed by atoms with Gasteiger partial charge in [0.05, 0.1) is 13.0 Å². The molecule has 0 aromatic heterocycles. The molecule has 0 heterocycles. The van der Waals surface area contributed by atoms with Crippen LogP contribution in [-0.2, 0) is 0 Å². The molecule has 0 bridgehead atoms. The maximum Gasteiger partial charge on any atom is 0.396 e. The normalized spacial score (nSPS) is 12.7. The number of ketones is 1. The lowest BCUT2D eigenvalue weighted by atomic mass is 9.91. The first-order valence-corrected chi connectivity index (χ1v) is 6.70. The second-order valence-electron chi connectivity index (χ2n) is 4.86. The molecule has 0 amide bonds. The van der Waals surface area contributed by atoms with Crippen molar-refractivity contribution in [1.82, 2.24) is 0 Å². The van der Waals surface area contributed by atoms with Crippen molar-refractivity contribution in [2.45, 2.75) is 18.5 Å². The third-order valence-corrected chi connectivity index (χ3v) is 3.40. The van der Waals surface area contributed by atoms with Crippen molar-refractivity contribution in [3.63, 3.8) is 0 Å². The number of hydrogen-bond donors (Lipinski definition) is 0. The number of benzene rings is 2. The van der Waals surface area contributed by atoms with Crippen LogP contribution in [-0.4, -0.2) is 19.1 Å². The maximum absolute atomic E-state index is 13.3. The monoisotopic (exact) mass is 308 g/mol. The first-order valence-electron chi connectivity index (χ1n) is 6.70. The molecule has 2 nitrogen and oxygen atoms in total. The highest BCUT2D eigenvalue weighted by Crippen LogP contribution is 2.38. The Balaban J connectivity index is 2.25. The first-order chi connectivity index (χ1) is 10.4. The fraction of sp³-hybridized carbons (Fsp3) is 0.235. The molecule has 0 aliphatic heterocycles. The van der Waals surface area contributed by atoms with E-state index in [9.17, 15) is 18.0 Å². The van der Waals surface area contributed by atoms with Crippen molar-refractivity contribution in [3.8, 4) is 5.75 Å². The van der Waals surface area contributed by atoms with E-state index in [1.807, 2.05) is 0 Å². The van der Waals surface area contributed by atoms with Crippen LogP contribution in [0, 0.1) is 0 Å². The molecule has 0 saturated carbocycles. The van der Waals surface area contributed by atoms with E-state index in [4.69, 9.17) is 4.74 Å². The lowest BCUT2D eigenvalue weighted by Gasteiger charge is -2.20. The van der Waals surface area contributed by atoms with Crippen molar-refractivity contribution in [2.24, 2.45) is 0 Å². The predicted octanol–water partition coefficient (Wildman–Crippen LogP) is 4.61. The standard InChI is InChI=1S/C17H15F3O2/c1-22-14-9-7-12(8-10-14)15(17(18,19)20)11-16(21)13-5-3-2-4-6-13/h2-10,15H,11H2,1H3. The number of methoxy groups -OCH3 is 1. The minimum absolute atomic E-state index is 0.0533. The van der Waals surface area contributed by atoms with E-state index in [-0.39, 0.29) is 11.1 Å². The number of carbonyl (C=O) groups excluding carboxylic acids is 1. The topological polar surface area (TPSA) is 26.3 Å². The molecule has 2 aromatic carbocycles. The van der Waals surface area contributed by atoms with Crippen LogP contribution in [0.4, 0.5) is 13.2 Å². The number of rotatable bonds is 5. The van der Waals surface area contributed by atoms with E-state index >= 15 is 0 Å². The number of alkyl halides is 3. The van der Waals surface area contributed by atoms with E-state index < -0.39 is 24.3 Å². The highest BCUT2D eigenvalue weighted by molar-refractivity contribution is 5.96. The van der Waals surface area contributed by atoms with E-state index in [1.165, 1.54) is 43.5 Å². The van der Waals surface area contributed by atoms with Crippen molar-refractivity contribution in [3.05, 3.63) is 65.7 Å². The molecule has 5 heteroatoms. The summed E-state index contributed by atoms with van der Waals surface area (Å²) in [6.07, 6.45) is -5.10. The smallest absolute Gasteiger partial charge is 0.396 e. The summed E-state index contributed by atoms with van der Waals surface area (Å²) in [4.78, 5) is 12.1. The van der Waals surface area contributed by atoms with Crippen molar-refractivity contribution < 1.29 is 22.7 Å². The molecule has 1 atom stereocenters. The Labute approximate surface area is 126 Å². The van der Waals surface area contributed by atoms with Crippen molar-refractivity contribution in [1.29, 1.82) is 0 Å². The molecule has 0 aliphatic rings. The summed E-state index contributed by atoms with van der Waals surface area (Å²) >= 11 is 0. The van der Waals surface area contributed by atoms with Crippen LogP contribution in [0.5, 0.6) is 5.75 Å². The molecule has 0 aliphatic carbocycles. The Hall–Kier alpha value is -2.30. The molecule has 0 N–H and O–H groups in total. The molecule has 0 saturated heterocycles. The highest BCUT2D eigenvalue weighted by Gasteiger charge is 2.41. The highest BCUT2D eigenvalue weighted by atomic mass is 19.4. The van der Waals surface area contributed by atoms with E-state index in [1.54, 1.807) is 18.2 Å². The average Bonchev–Trinajstić information content (AvgIpc) is 2.52. The molecule has 0 spiro atoms. The second-order valence-corrected chi connectivity index (χ2v) is 4.86. The third-order valence-electron chi connectivity index (χ3n) is 3.40. The van der Waals surface area contributed by atoms with Gasteiger partial charge in [-0.1, -0.05) is 42.5 Å². The first kappa shape index (κ1) is 16.1. The van der Waals surface area contributed by atoms with Crippen LogP contribution in [0.2, 0.25) is 0 Å².